The minimum atomic E-state index is -0.247. The summed E-state index contributed by atoms with van der Waals surface area (Å²) in [6, 6.07) is 9.11. The number of nitrogens with two attached hydrogens (primary N) is 1. The van der Waals surface area contributed by atoms with Crippen LogP contribution in [0.4, 0.5) is 10.9 Å². The average Bonchev–Trinajstić information content (AvgIpc) is 3.12. The van der Waals surface area contributed by atoms with E-state index in [-0.39, 0.29) is 5.91 Å². The highest BCUT2D eigenvalue weighted by molar-refractivity contribution is 7.14. The van der Waals surface area contributed by atoms with Crippen LogP contribution in [0, 0.1) is 0 Å². The molecule has 3 heterocycles. The minimum Gasteiger partial charge on any atom is -0.370 e. The number of hydrogen-bond acceptors (Lipinski definition) is 7. The Hall–Kier alpha value is -2.84. The third-order valence-electron chi connectivity index (χ3n) is 3.36. The first-order valence-corrected chi connectivity index (χ1v) is 8.72. The number of rotatable bonds is 7. The summed E-state index contributed by atoms with van der Waals surface area (Å²) in [6.45, 7) is 1.38. The number of hydrogen-bond donors (Lipinski definition) is 3. The van der Waals surface area contributed by atoms with Crippen molar-refractivity contribution in [3.8, 4) is 11.4 Å². The third kappa shape index (κ3) is 4.59. The molecule has 0 aliphatic rings. The Morgan fingerprint density at radius 3 is 2.80 bits per heavy atom. The van der Waals surface area contributed by atoms with Crippen molar-refractivity contribution in [3.05, 3.63) is 53.7 Å². The third-order valence-corrected chi connectivity index (χ3v) is 4.12. The fourth-order valence-electron chi connectivity index (χ4n) is 2.08. The summed E-state index contributed by atoms with van der Waals surface area (Å²) >= 11 is 1.36. The number of carbonyl (C=O) groups excluding carboxylic acids is 1. The average molecular weight is 354 g/mol. The smallest absolute Gasteiger partial charge is 0.259 e. The molecule has 3 rings (SSSR count). The summed E-state index contributed by atoms with van der Waals surface area (Å²) in [5.74, 6) is 0.472. The van der Waals surface area contributed by atoms with E-state index in [0.717, 1.165) is 30.2 Å². The quantitative estimate of drug-likeness (QED) is 0.563. The van der Waals surface area contributed by atoms with Gasteiger partial charge in [-0.3, -0.25) is 15.1 Å². The standard InChI is InChI=1S/C17H18N6OS/c18-7-3-9-20-15-6-5-12(10-21-15)16(24)23-17-22-14(11-25-17)13-4-1-2-8-19-13/h1-2,4-6,8,10-11H,3,7,9,18H2,(H,20,21)(H,22,23,24). The zero-order chi connectivity index (χ0) is 17.5. The van der Waals surface area contributed by atoms with E-state index in [1.54, 1.807) is 18.3 Å². The van der Waals surface area contributed by atoms with Gasteiger partial charge in [0, 0.05) is 24.3 Å². The summed E-state index contributed by atoms with van der Waals surface area (Å²) in [4.78, 5) is 25.2. The molecule has 0 aromatic carbocycles. The van der Waals surface area contributed by atoms with Gasteiger partial charge < -0.3 is 11.1 Å². The molecule has 0 fully saturated rings. The summed E-state index contributed by atoms with van der Waals surface area (Å²) in [6.07, 6.45) is 4.11. The lowest BCUT2D eigenvalue weighted by Crippen LogP contribution is -2.13. The topological polar surface area (TPSA) is 106 Å². The second-order valence-electron chi connectivity index (χ2n) is 5.21. The zero-order valence-electron chi connectivity index (χ0n) is 13.5. The van der Waals surface area contributed by atoms with Crippen LogP contribution in [-0.2, 0) is 0 Å². The van der Waals surface area contributed by atoms with Gasteiger partial charge >= 0.3 is 0 Å². The number of pyridine rings is 2. The first-order valence-electron chi connectivity index (χ1n) is 7.84. The van der Waals surface area contributed by atoms with Gasteiger partial charge in [-0.1, -0.05) is 6.07 Å². The molecule has 0 atom stereocenters. The zero-order valence-corrected chi connectivity index (χ0v) is 14.3. The van der Waals surface area contributed by atoms with Gasteiger partial charge in [0.2, 0.25) is 0 Å². The van der Waals surface area contributed by atoms with Gasteiger partial charge in [-0.2, -0.15) is 0 Å². The molecule has 128 valence electrons. The van der Waals surface area contributed by atoms with Gasteiger partial charge in [0.25, 0.3) is 5.91 Å². The Kier molecular flexibility index (Phi) is 5.65. The maximum absolute atomic E-state index is 12.3. The van der Waals surface area contributed by atoms with Crippen molar-refractivity contribution in [2.75, 3.05) is 23.7 Å². The van der Waals surface area contributed by atoms with Crippen molar-refractivity contribution in [1.82, 2.24) is 15.0 Å². The Labute approximate surface area is 149 Å². The predicted molar refractivity (Wildman–Crippen MR) is 99.7 cm³/mol. The van der Waals surface area contributed by atoms with E-state index in [1.165, 1.54) is 17.5 Å². The van der Waals surface area contributed by atoms with Crippen LogP contribution in [0.5, 0.6) is 0 Å². The van der Waals surface area contributed by atoms with E-state index in [2.05, 4.69) is 25.6 Å². The van der Waals surface area contributed by atoms with Crippen molar-refractivity contribution in [1.29, 1.82) is 0 Å². The molecule has 25 heavy (non-hydrogen) atoms. The van der Waals surface area contributed by atoms with E-state index in [4.69, 9.17) is 5.73 Å². The summed E-state index contributed by atoms with van der Waals surface area (Å²) in [5, 5.41) is 8.31. The van der Waals surface area contributed by atoms with E-state index in [1.807, 2.05) is 23.6 Å². The lowest BCUT2D eigenvalue weighted by molar-refractivity contribution is 0.102. The van der Waals surface area contributed by atoms with E-state index < -0.39 is 0 Å². The largest absolute Gasteiger partial charge is 0.370 e. The van der Waals surface area contributed by atoms with Crippen LogP contribution in [0.2, 0.25) is 0 Å². The molecule has 3 aromatic heterocycles. The summed E-state index contributed by atoms with van der Waals surface area (Å²) < 4.78 is 0. The predicted octanol–water partition coefficient (Wildman–Crippen LogP) is 2.61. The van der Waals surface area contributed by atoms with Gasteiger partial charge in [0.1, 0.15) is 11.5 Å². The molecule has 0 saturated heterocycles. The molecule has 0 aliphatic heterocycles. The molecule has 0 radical (unpaired) electrons. The molecule has 8 heteroatoms. The van der Waals surface area contributed by atoms with Crippen LogP contribution in [-0.4, -0.2) is 33.9 Å². The van der Waals surface area contributed by atoms with Crippen molar-refractivity contribution in [2.24, 2.45) is 5.73 Å². The van der Waals surface area contributed by atoms with Crippen LogP contribution in [0.3, 0.4) is 0 Å². The van der Waals surface area contributed by atoms with Crippen LogP contribution in [0.1, 0.15) is 16.8 Å². The van der Waals surface area contributed by atoms with E-state index in [9.17, 15) is 4.79 Å². The van der Waals surface area contributed by atoms with Crippen molar-refractivity contribution >= 4 is 28.2 Å². The fraction of sp³-hybridized carbons (Fsp3) is 0.176. The van der Waals surface area contributed by atoms with Crippen molar-refractivity contribution < 1.29 is 4.79 Å². The molecular formula is C17H18N6OS. The van der Waals surface area contributed by atoms with Gasteiger partial charge in [-0.05, 0) is 37.2 Å². The van der Waals surface area contributed by atoms with Crippen LogP contribution >= 0.6 is 11.3 Å². The number of aromatic nitrogens is 3. The van der Waals surface area contributed by atoms with Crippen molar-refractivity contribution in [3.63, 3.8) is 0 Å². The van der Waals surface area contributed by atoms with Crippen LogP contribution in [0.25, 0.3) is 11.4 Å². The number of anilines is 2. The molecule has 0 unspecified atom stereocenters. The Morgan fingerprint density at radius 1 is 1.16 bits per heavy atom. The van der Waals surface area contributed by atoms with Gasteiger partial charge in [-0.25, -0.2) is 9.97 Å². The number of nitrogens with zero attached hydrogens (tertiary/aromatic N) is 3. The molecule has 3 aromatic rings. The van der Waals surface area contributed by atoms with E-state index >= 15 is 0 Å². The Morgan fingerprint density at radius 2 is 2.08 bits per heavy atom. The van der Waals surface area contributed by atoms with Gasteiger partial charge in [0.15, 0.2) is 5.13 Å². The minimum absolute atomic E-state index is 0.247. The molecule has 0 spiro atoms. The molecule has 0 aliphatic carbocycles. The number of nitrogens with one attached hydrogen (secondary N) is 2. The summed E-state index contributed by atoms with van der Waals surface area (Å²) in [5.41, 5.74) is 7.42. The van der Waals surface area contributed by atoms with Crippen molar-refractivity contribution in [2.45, 2.75) is 6.42 Å². The maximum Gasteiger partial charge on any atom is 0.259 e. The molecule has 0 bridgehead atoms. The van der Waals surface area contributed by atoms with E-state index in [0.29, 0.717) is 17.2 Å². The highest BCUT2D eigenvalue weighted by atomic mass is 32.1. The lowest BCUT2D eigenvalue weighted by Gasteiger charge is -2.05. The lowest BCUT2D eigenvalue weighted by atomic mass is 10.2. The second-order valence-corrected chi connectivity index (χ2v) is 6.07. The first-order chi connectivity index (χ1) is 12.3. The van der Waals surface area contributed by atoms with Crippen LogP contribution in [0.15, 0.2) is 48.1 Å². The normalized spacial score (nSPS) is 10.4. The number of carbonyl (C=O) groups is 1. The highest BCUT2D eigenvalue weighted by Crippen LogP contribution is 2.23. The number of thiazole rings is 1. The molecule has 4 N–H and O–H groups in total. The van der Waals surface area contributed by atoms with Gasteiger partial charge in [-0.15, -0.1) is 11.3 Å². The first kappa shape index (κ1) is 17.0. The SMILES string of the molecule is NCCCNc1ccc(C(=O)Nc2nc(-c3ccccn3)cs2)cn1. The summed E-state index contributed by atoms with van der Waals surface area (Å²) in [7, 11) is 0. The van der Waals surface area contributed by atoms with Crippen LogP contribution < -0.4 is 16.4 Å². The maximum atomic E-state index is 12.3. The Bertz CT molecular complexity index is 819. The second kappa shape index (κ2) is 8.32. The molecule has 1 amide bonds. The van der Waals surface area contributed by atoms with Gasteiger partial charge in [0.05, 0.1) is 11.3 Å². The monoisotopic (exact) mass is 354 g/mol. The number of amides is 1. The highest BCUT2D eigenvalue weighted by Gasteiger charge is 2.11. The molecular weight excluding hydrogens is 336 g/mol. The Balaban J connectivity index is 1.61. The molecule has 0 saturated carbocycles. The molecule has 7 nitrogen and oxygen atoms in total. The fourth-order valence-corrected chi connectivity index (χ4v) is 2.78.